The van der Waals surface area contributed by atoms with Crippen LogP contribution < -0.4 is 5.73 Å². The Morgan fingerprint density at radius 2 is 2.00 bits per heavy atom. The summed E-state index contributed by atoms with van der Waals surface area (Å²) in [5.74, 6) is 0.812. The average Bonchev–Trinajstić information content (AvgIpc) is 2.08. The summed E-state index contributed by atoms with van der Waals surface area (Å²) >= 11 is 0. The normalized spacial score (nSPS) is 21.2. The van der Waals surface area contributed by atoms with Crippen LogP contribution in [0.1, 0.15) is 33.1 Å². The second-order valence-corrected chi connectivity index (χ2v) is 5.03. The molecule has 14 heavy (non-hydrogen) atoms. The van der Waals surface area contributed by atoms with Crippen molar-refractivity contribution in [3.63, 3.8) is 0 Å². The van der Waals surface area contributed by atoms with Crippen molar-refractivity contribution >= 4 is 0 Å². The fraction of sp³-hybridized carbons (Fsp3) is 1.00. The van der Waals surface area contributed by atoms with Gasteiger partial charge in [0.2, 0.25) is 0 Å². The van der Waals surface area contributed by atoms with Crippen molar-refractivity contribution in [2.24, 2.45) is 11.7 Å². The topological polar surface area (TPSA) is 49.5 Å². The van der Waals surface area contributed by atoms with Gasteiger partial charge >= 0.3 is 0 Å². The van der Waals surface area contributed by atoms with Gasteiger partial charge in [-0.05, 0) is 18.9 Å². The number of nitrogens with two attached hydrogens (primary N) is 1. The standard InChI is InChI=1S/C11H24N2O/c1-10(2)5-3-4-6-13-8-11(14,7-12)9-13/h10,14H,3-9,12H2,1-2H3. The molecular formula is C11H24N2O. The second kappa shape index (κ2) is 5.10. The molecule has 0 aromatic rings. The molecule has 0 bridgehead atoms. The van der Waals surface area contributed by atoms with E-state index < -0.39 is 5.60 Å². The van der Waals surface area contributed by atoms with Crippen LogP contribution in [-0.2, 0) is 0 Å². The lowest BCUT2D eigenvalue weighted by Crippen LogP contribution is -2.65. The predicted octanol–water partition coefficient (Wildman–Crippen LogP) is 0.818. The van der Waals surface area contributed by atoms with E-state index in [1.807, 2.05) is 0 Å². The summed E-state index contributed by atoms with van der Waals surface area (Å²) in [6.07, 6.45) is 3.86. The Morgan fingerprint density at radius 3 is 2.50 bits per heavy atom. The van der Waals surface area contributed by atoms with Crippen molar-refractivity contribution in [2.75, 3.05) is 26.2 Å². The van der Waals surface area contributed by atoms with E-state index in [9.17, 15) is 5.11 Å². The number of rotatable bonds is 6. The summed E-state index contributed by atoms with van der Waals surface area (Å²) in [6, 6.07) is 0. The quantitative estimate of drug-likeness (QED) is 0.624. The predicted molar refractivity (Wildman–Crippen MR) is 59.1 cm³/mol. The largest absolute Gasteiger partial charge is 0.386 e. The number of β-amino-alcohol motifs (C(OH)–C–C–N with tert-alkyl or cyclic N) is 1. The third-order valence-electron chi connectivity index (χ3n) is 2.92. The summed E-state index contributed by atoms with van der Waals surface area (Å²) in [5.41, 5.74) is 4.88. The summed E-state index contributed by atoms with van der Waals surface area (Å²) in [4.78, 5) is 2.28. The Morgan fingerprint density at radius 1 is 1.36 bits per heavy atom. The van der Waals surface area contributed by atoms with Crippen molar-refractivity contribution in [3.8, 4) is 0 Å². The first kappa shape index (κ1) is 12.0. The molecule has 0 amide bonds. The molecule has 0 saturated carbocycles. The third-order valence-corrected chi connectivity index (χ3v) is 2.92. The van der Waals surface area contributed by atoms with Gasteiger partial charge in [0.25, 0.3) is 0 Å². The van der Waals surface area contributed by atoms with Gasteiger partial charge in [0, 0.05) is 19.6 Å². The van der Waals surface area contributed by atoms with Crippen LogP contribution in [0.4, 0.5) is 0 Å². The lowest BCUT2D eigenvalue weighted by molar-refractivity contribution is -0.0901. The van der Waals surface area contributed by atoms with Gasteiger partial charge in [-0.2, -0.15) is 0 Å². The Bertz CT molecular complexity index is 165. The van der Waals surface area contributed by atoms with Gasteiger partial charge in [-0.15, -0.1) is 0 Å². The van der Waals surface area contributed by atoms with Crippen LogP contribution in [0.3, 0.4) is 0 Å². The van der Waals surface area contributed by atoms with Crippen LogP contribution in [0.15, 0.2) is 0 Å². The maximum atomic E-state index is 9.67. The maximum Gasteiger partial charge on any atom is 0.102 e. The SMILES string of the molecule is CC(C)CCCCN1CC(O)(CN)C1. The zero-order valence-electron chi connectivity index (χ0n) is 9.50. The summed E-state index contributed by atoms with van der Waals surface area (Å²) in [7, 11) is 0. The molecule has 0 atom stereocenters. The first-order valence-corrected chi connectivity index (χ1v) is 5.70. The molecule has 1 aliphatic heterocycles. The first-order chi connectivity index (χ1) is 6.56. The molecule has 0 unspecified atom stereocenters. The van der Waals surface area contributed by atoms with Gasteiger partial charge in [-0.25, -0.2) is 0 Å². The molecule has 0 aromatic carbocycles. The number of hydrogen-bond acceptors (Lipinski definition) is 3. The molecule has 3 heteroatoms. The molecule has 1 saturated heterocycles. The number of unbranched alkanes of at least 4 members (excludes halogenated alkanes) is 1. The van der Waals surface area contributed by atoms with Crippen LogP contribution >= 0.6 is 0 Å². The third kappa shape index (κ3) is 3.56. The Kier molecular flexibility index (Phi) is 4.35. The van der Waals surface area contributed by atoms with Gasteiger partial charge in [-0.1, -0.05) is 26.7 Å². The molecule has 0 aromatic heterocycles. The Hall–Kier alpha value is -0.120. The van der Waals surface area contributed by atoms with Crippen LogP contribution in [0, 0.1) is 5.92 Å². The molecule has 84 valence electrons. The zero-order valence-corrected chi connectivity index (χ0v) is 9.50. The van der Waals surface area contributed by atoms with Gasteiger partial charge < -0.3 is 10.8 Å². The number of likely N-dealkylation sites (tertiary alicyclic amines) is 1. The van der Waals surface area contributed by atoms with Crippen molar-refractivity contribution in [1.82, 2.24) is 4.90 Å². The fourth-order valence-electron chi connectivity index (χ4n) is 1.96. The minimum Gasteiger partial charge on any atom is -0.386 e. The summed E-state index contributed by atoms with van der Waals surface area (Å²) < 4.78 is 0. The van der Waals surface area contributed by atoms with Crippen LogP contribution in [0.25, 0.3) is 0 Å². The van der Waals surface area contributed by atoms with E-state index >= 15 is 0 Å². The molecule has 1 aliphatic rings. The average molecular weight is 200 g/mol. The van der Waals surface area contributed by atoms with Crippen molar-refractivity contribution in [3.05, 3.63) is 0 Å². The summed E-state index contributed by atoms with van der Waals surface area (Å²) in [5, 5.41) is 9.67. The smallest absolute Gasteiger partial charge is 0.102 e. The number of hydrogen-bond donors (Lipinski definition) is 2. The highest BCUT2D eigenvalue weighted by Crippen LogP contribution is 2.20. The fourth-order valence-corrected chi connectivity index (χ4v) is 1.96. The van der Waals surface area contributed by atoms with E-state index in [-0.39, 0.29) is 0 Å². The molecule has 0 spiro atoms. The lowest BCUT2D eigenvalue weighted by Gasteiger charge is -2.46. The minimum atomic E-state index is -0.571. The highest BCUT2D eigenvalue weighted by molar-refractivity contribution is 4.95. The molecule has 3 N–H and O–H groups in total. The van der Waals surface area contributed by atoms with E-state index in [0.717, 1.165) is 25.6 Å². The van der Waals surface area contributed by atoms with E-state index in [4.69, 9.17) is 5.73 Å². The summed E-state index contributed by atoms with van der Waals surface area (Å²) in [6.45, 7) is 7.58. The Balaban J connectivity index is 1.96. The Labute approximate surface area is 87.3 Å². The molecule has 1 heterocycles. The molecule has 3 nitrogen and oxygen atoms in total. The van der Waals surface area contributed by atoms with E-state index in [2.05, 4.69) is 18.7 Å². The van der Waals surface area contributed by atoms with Crippen LogP contribution in [0.5, 0.6) is 0 Å². The maximum absolute atomic E-state index is 9.67. The van der Waals surface area contributed by atoms with Crippen molar-refractivity contribution in [2.45, 2.75) is 38.7 Å². The van der Waals surface area contributed by atoms with Crippen LogP contribution in [0.2, 0.25) is 0 Å². The lowest BCUT2D eigenvalue weighted by atomic mass is 9.94. The van der Waals surface area contributed by atoms with Gasteiger partial charge in [0.15, 0.2) is 0 Å². The van der Waals surface area contributed by atoms with E-state index in [0.29, 0.717) is 6.54 Å². The van der Waals surface area contributed by atoms with Gasteiger partial charge in [0.1, 0.15) is 5.60 Å². The number of nitrogens with zero attached hydrogens (tertiary/aromatic N) is 1. The molecule has 1 rings (SSSR count). The monoisotopic (exact) mass is 200 g/mol. The zero-order chi connectivity index (χ0) is 10.6. The highest BCUT2D eigenvalue weighted by Gasteiger charge is 2.38. The first-order valence-electron chi connectivity index (χ1n) is 5.70. The van der Waals surface area contributed by atoms with Crippen LogP contribution in [-0.4, -0.2) is 41.8 Å². The van der Waals surface area contributed by atoms with Crippen molar-refractivity contribution in [1.29, 1.82) is 0 Å². The van der Waals surface area contributed by atoms with E-state index in [1.165, 1.54) is 19.3 Å². The molecule has 0 aliphatic carbocycles. The second-order valence-electron chi connectivity index (χ2n) is 5.03. The van der Waals surface area contributed by atoms with Gasteiger partial charge in [0.05, 0.1) is 0 Å². The van der Waals surface area contributed by atoms with Gasteiger partial charge in [-0.3, -0.25) is 4.90 Å². The van der Waals surface area contributed by atoms with Crippen molar-refractivity contribution < 1.29 is 5.11 Å². The minimum absolute atomic E-state index is 0.398. The molecule has 1 fully saturated rings. The molecule has 0 radical (unpaired) electrons. The van der Waals surface area contributed by atoms with E-state index in [1.54, 1.807) is 0 Å². The number of aliphatic hydroxyl groups is 1. The molecular weight excluding hydrogens is 176 g/mol. The highest BCUT2D eigenvalue weighted by atomic mass is 16.3.